The standard InChI is InChI=1S/C18H23ClN2O5/c1-10-7-12(8-11(2)16(10)19)26-9-15(22)20-21-17(23)13-5-3-4-6-14(13)18(24)25/h7-8,13-14H,3-6,9H2,1-2H3,(H,20,22)(H,21,23)(H,24,25)/t13-,14+/m0/s1. The van der Waals surface area contributed by atoms with Gasteiger partial charge in [0.05, 0.1) is 11.8 Å². The fraction of sp³-hybridized carbons (Fsp3) is 0.500. The average molecular weight is 383 g/mol. The molecule has 0 heterocycles. The van der Waals surface area contributed by atoms with Gasteiger partial charge in [0, 0.05) is 5.02 Å². The third-order valence-electron chi connectivity index (χ3n) is 4.52. The van der Waals surface area contributed by atoms with Crippen LogP contribution in [0, 0.1) is 25.7 Å². The van der Waals surface area contributed by atoms with Crippen molar-refractivity contribution in [3.63, 3.8) is 0 Å². The van der Waals surface area contributed by atoms with Crippen molar-refractivity contribution in [2.45, 2.75) is 39.5 Å². The highest BCUT2D eigenvalue weighted by molar-refractivity contribution is 6.32. The van der Waals surface area contributed by atoms with E-state index in [0.717, 1.165) is 24.0 Å². The minimum Gasteiger partial charge on any atom is -0.484 e. The van der Waals surface area contributed by atoms with Crippen LogP contribution in [0.2, 0.25) is 5.02 Å². The van der Waals surface area contributed by atoms with Crippen LogP contribution in [-0.2, 0) is 14.4 Å². The summed E-state index contributed by atoms with van der Waals surface area (Å²) in [6.07, 6.45) is 2.56. The molecule has 1 aromatic carbocycles. The maximum absolute atomic E-state index is 12.2. The fourth-order valence-electron chi connectivity index (χ4n) is 3.14. The van der Waals surface area contributed by atoms with Crippen LogP contribution in [0.25, 0.3) is 0 Å². The van der Waals surface area contributed by atoms with Gasteiger partial charge < -0.3 is 9.84 Å². The second kappa shape index (κ2) is 8.89. The topological polar surface area (TPSA) is 105 Å². The van der Waals surface area contributed by atoms with Gasteiger partial charge in [-0.2, -0.15) is 0 Å². The number of carbonyl (C=O) groups is 3. The number of carbonyl (C=O) groups excluding carboxylic acids is 2. The number of ether oxygens (including phenoxy) is 1. The van der Waals surface area contributed by atoms with Crippen LogP contribution in [0.3, 0.4) is 0 Å². The number of halogens is 1. The number of amides is 2. The number of hydrogen-bond donors (Lipinski definition) is 3. The normalized spacial score (nSPS) is 19.5. The van der Waals surface area contributed by atoms with Crippen LogP contribution in [0.15, 0.2) is 12.1 Å². The molecule has 0 aliphatic heterocycles. The average Bonchev–Trinajstić information content (AvgIpc) is 2.62. The summed E-state index contributed by atoms with van der Waals surface area (Å²) in [4.78, 5) is 35.3. The Bertz CT molecular complexity index is 684. The number of carboxylic acids is 1. The Morgan fingerprint density at radius 3 is 2.27 bits per heavy atom. The van der Waals surface area contributed by atoms with Crippen LogP contribution in [0.1, 0.15) is 36.8 Å². The number of hydrogen-bond acceptors (Lipinski definition) is 4. The lowest BCUT2D eigenvalue weighted by Crippen LogP contribution is -2.49. The molecule has 1 aromatic rings. The summed E-state index contributed by atoms with van der Waals surface area (Å²) in [5.74, 6) is -2.84. The maximum Gasteiger partial charge on any atom is 0.307 e. The van der Waals surface area contributed by atoms with Crippen molar-refractivity contribution in [3.05, 3.63) is 28.3 Å². The zero-order valence-electron chi connectivity index (χ0n) is 14.8. The van der Waals surface area contributed by atoms with Gasteiger partial charge in [-0.1, -0.05) is 24.4 Å². The van der Waals surface area contributed by atoms with Crippen molar-refractivity contribution < 1.29 is 24.2 Å². The quantitative estimate of drug-likeness (QED) is 0.678. The Hall–Kier alpha value is -2.28. The second-order valence-electron chi connectivity index (χ2n) is 6.53. The van der Waals surface area contributed by atoms with Gasteiger partial charge in [-0.05, 0) is 49.9 Å². The Balaban J connectivity index is 1.83. The molecule has 0 aromatic heterocycles. The number of nitrogens with one attached hydrogen (secondary N) is 2. The molecule has 8 heteroatoms. The molecule has 142 valence electrons. The van der Waals surface area contributed by atoms with Gasteiger partial charge in [0.25, 0.3) is 5.91 Å². The van der Waals surface area contributed by atoms with Gasteiger partial charge in [0.2, 0.25) is 5.91 Å². The highest BCUT2D eigenvalue weighted by atomic mass is 35.5. The third-order valence-corrected chi connectivity index (χ3v) is 5.12. The molecule has 0 unspecified atom stereocenters. The molecule has 3 N–H and O–H groups in total. The van der Waals surface area contributed by atoms with E-state index in [1.54, 1.807) is 12.1 Å². The summed E-state index contributed by atoms with van der Waals surface area (Å²) in [6.45, 7) is 3.39. The number of aryl methyl sites for hydroxylation is 2. The molecule has 1 saturated carbocycles. The molecule has 0 radical (unpaired) electrons. The van der Waals surface area contributed by atoms with Crippen molar-refractivity contribution in [1.82, 2.24) is 10.9 Å². The lowest BCUT2D eigenvalue weighted by atomic mass is 9.79. The number of aliphatic carboxylic acids is 1. The summed E-state index contributed by atoms with van der Waals surface area (Å²) < 4.78 is 5.41. The molecular weight excluding hydrogens is 360 g/mol. The van der Waals surface area contributed by atoms with Crippen molar-refractivity contribution in [1.29, 1.82) is 0 Å². The Morgan fingerprint density at radius 1 is 1.12 bits per heavy atom. The lowest BCUT2D eigenvalue weighted by Gasteiger charge is -2.27. The minimum absolute atomic E-state index is 0.284. The molecular formula is C18H23ClN2O5. The molecule has 0 bridgehead atoms. The first-order valence-corrected chi connectivity index (χ1v) is 8.88. The van der Waals surface area contributed by atoms with E-state index in [9.17, 15) is 19.5 Å². The summed E-state index contributed by atoms with van der Waals surface area (Å²) in [7, 11) is 0. The van der Waals surface area contributed by atoms with Gasteiger partial charge in [0.15, 0.2) is 6.61 Å². The summed E-state index contributed by atoms with van der Waals surface area (Å²) >= 11 is 6.08. The molecule has 0 spiro atoms. The predicted octanol–water partition coefficient (Wildman–Crippen LogP) is 2.37. The van der Waals surface area contributed by atoms with Crippen molar-refractivity contribution in [3.8, 4) is 5.75 Å². The first-order valence-electron chi connectivity index (χ1n) is 8.50. The fourth-order valence-corrected chi connectivity index (χ4v) is 3.25. The lowest BCUT2D eigenvalue weighted by molar-refractivity contribution is -0.149. The van der Waals surface area contributed by atoms with Crippen molar-refractivity contribution in [2.75, 3.05) is 6.61 Å². The molecule has 0 saturated heterocycles. The highest BCUT2D eigenvalue weighted by Gasteiger charge is 2.35. The van der Waals surface area contributed by atoms with Crippen molar-refractivity contribution in [2.24, 2.45) is 11.8 Å². The molecule has 1 aliphatic carbocycles. The van der Waals surface area contributed by atoms with Crippen LogP contribution in [0.4, 0.5) is 0 Å². The molecule has 2 amide bonds. The zero-order valence-corrected chi connectivity index (χ0v) is 15.6. The Kier molecular flexibility index (Phi) is 6.85. The number of benzene rings is 1. The van der Waals surface area contributed by atoms with E-state index in [-0.39, 0.29) is 6.61 Å². The van der Waals surface area contributed by atoms with E-state index in [0.29, 0.717) is 23.6 Å². The van der Waals surface area contributed by atoms with E-state index in [4.69, 9.17) is 16.3 Å². The molecule has 26 heavy (non-hydrogen) atoms. The SMILES string of the molecule is Cc1cc(OCC(=O)NNC(=O)[C@H]2CCCC[C@H]2C(=O)O)cc(C)c1Cl. The second-order valence-corrected chi connectivity index (χ2v) is 6.91. The molecule has 7 nitrogen and oxygen atoms in total. The molecule has 1 aliphatic rings. The van der Waals surface area contributed by atoms with Gasteiger partial charge in [-0.3, -0.25) is 25.2 Å². The van der Waals surface area contributed by atoms with Crippen LogP contribution in [0.5, 0.6) is 5.75 Å². The van der Waals surface area contributed by atoms with Gasteiger partial charge in [-0.15, -0.1) is 0 Å². The smallest absolute Gasteiger partial charge is 0.307 e. The monoisotopic (exact) mass is 382 g/mol. The van der Waals surface area contributed by atoms with Gasteiger partial charge in [0.1, 0.15) is 5.75 Å². The maximum atomic E-state index is 12.2. The summed E-state index contributed by atoms with van der Waals surface area (Å²) in [5, 5.41) is 9.86. The van der Waals surface area contributed by atoms with Crippen LogP contribution < -0.4 is 15.6 Å². The van der Waals surface area contributed by atoms with E-state index in [2.05, 4.69) is 10.9 Å². The van der Waals surface area contributed by atoms with Gasteiger partial charge >= 0.3 is 5.97 Å². The van der Waals surface area contributed by atoms with E-state index < -0.39 is 29.6 Å². The van der Waals surface area contributed by atoms with E-state index >= 15 is 0 Å². The number of rotatable bonds is 5. The first kappa shape index (κ1) is 20.0. The number of carboxylic acid groups (broad SMARTS) is 1. The molecule has 2 atom stereocenters. The predicted molar refractivity (Wildman–Crippen MR) is 95.8 cm³/mol. The first-order chi connectivity index (χ1) is 12.3. The van der Waals surface area contributed by atoms with E-state index in [1.165, 1.54) is 0 Å². The number of hydrazine groups is 1. The van der Waals surface area contributed by atoms with E-state index in [1.807, 2.05) is 13.8 Å². The summed E-state index contributed by atoms with van der Waals surface area (Å²) in [5.41, 5.74) is 6.25. The Morgan fingerprint density at radius 2 is 1.69 bits per heavy atom. The summed E-state index contributed by atoms with van der Waals surface area (Å²) in [6, 6.07) is 3.45. The zero-order chi connectivity index (χ0) is 19.3. The molecule has 2 rings (SSSR count). The third kappa shape index (κ3) is 5.11. The largest absolute Gasteiger partial charge is 0.484 e. The van der Waals surface area contributed by atoms with Crippen LogP contribution in [-0.4, -0.2) is 29.5 Å². The van der Waals surface area contributed by atoms with Gasteiger partial charge in [-0.25, -0.2) is 0 Å². The van der Waals surface area contributed by atoms with Crippen molar-refractivity contribution >= 4 is 29.4 Å². The highest BCUT2D eigenvalue weighted by Crippen LogP contribution is 2.30. The Labute approximate surface area is 157 Å². The minimum atomic E-state index is -0.979. The van der Waals surface area contributed by atoms with Crippen LogP contribution >= 0.6 is 11.6 Å². The molecule has 1 fully saturated rings.